The molecule has 5 nitrogen and oxygen atoms in total. The Morgan fingerprint density at radius 3 is 2.56 bits per heavy atom. The zero-order valence-corrected chi connectivity index (χ0v) is 16.9. The molecule has 142 valence electrons. The number of halogens is 2. The molecule has 0 spiro atoms. The maximum atomic E-state index is 13.2. The van der Waals surface area contributed by atoms with Crippen LogP contribution in [0.2, 0.25) is 10.0 Å². The second-order valence-corrected chi connectivity index (χ2v) is 9.51. The summed E-state index contributed by atoms with van der Waals surface area (Å²) < 4.78 is 27.8. The number of benzene rings is 2. The minimum absolute atomic E-state index is 0.000398. The third kappa shape index (κ3) is 3.47. The van der Waals surface area contributed by atoms with Gasteiger partial charge >= 0.3 is 0 Å². The molecule has 2 aromatic rings. The molecule has 1 aliphatic carbocycles. The number of fused-ring (bicyclic) bond motifs is 1. The Morgan fingerprint density at radius 1 is 1.15 bits per heavy atom. The van der Waals surface area contributed by atoms with Gasteiger partial charge in [0.1, 0.15) is 4.90 Å². The van der Waals surface area contributed by atoms with Gasteiger partial charge in [0, 0.05) is 17.8 Å². The van der Waals surface area contributed by atoms with Gasteiger partial charge in [-0.25, -0.2) is 13.1 Å². The van der Waals surface area contributed by atoms with Crippen LogP contribution >= 0.6 is 23.2 Å². The summed E-state index contributed by atoms with van der Waals surface area (Å²) in [5.41, 5.74) is 2.02. The topological polar surface area (TPSA) is 66.5 Å². The van der Waals surface area contributed by atoms with Crippen LogP contribution in [0.4, 0.5) is 5.69 Å². The normalized spacial score (nSPS) is 19.2. The number of nitrogens with one attached hydrogen (secondary N) is 1. The minimum atomic E-state index is -3.81. The second kappa shape index (κ2) is 6.78. The maximum absolute atomic E-state index is 13.2. The van der Waals surface area contributed by atoms with Gasteiger partial charge in [0.2, 0.25) is 10.0 Å². The molecular formula is C19H18Cl2N2O3S. The summed E-state index contributed by atoms with van der Waals surface area (Å²) in [4.78, 5) is 14.8. The molecule has 1 atom stereocenters. The van der Waals surface area contributed by atoms with E-state index in [1.807, 2.05) is 31.2 Å². The number of hydrogen-bond donors (Lipinski definition) is 1. The molecule has 2 aromatic carbocycles. The predicted octanol–water partition coefficient (Wildman–Crippen LogP) is 4.03. The van der Waals surface area contributed by atoms with Gasteiger partial charge in [0.05, 0.1) is 15.6 Å². The first-order valence-corrected chi connectivity index (χ1v) is 10.9. The van der Waals surface area contributed by atoms with Crippen molar-refractivity contribution in [3.63, 3.8) is 0 Å². The van der Waals surface area contributed by atoms with Crippen molar-refractivity contribution in [1.82, 2.24) is 4.72 Å². The van der Waals surface area contributed by atoms with E-state index >= 15 is 0 Å². The van der Waals surface area contributed by atoms with E-state index in [-0.39, 0.29) is 38.5 Å². The summed E-state index contributed by atoms with van der Waals surface area (Å²) in [7, 11) is -3.81. The number of hydrogen-bond acceptors (Lipinski definition) is 3. The lowest BCUT2D eigenvalue weighted by Crippen LogP contribution is -2.36. The Hall–Kier alpha value is -1.60. The first kappa shape index (κ1) is 18.7. The smallest absolute Gasteiger partial charge is 0.260 e. The molecule has 1 fully saturated rings. The molecule has 0 aromatic heterocycles. The highest BCUT2D eigenvalue weighted by molar-refractivity contribution is 7.89. The first-order valence-electron chi connectivity index (χ1n) is 8.71. The minimum Gasteiger partial charge on any atom is -0.305 e. The second-order valence-electron chi connectivity index (χ2n) is 7.02. The fraction of sp³-hybridized carbons (Fsp3) is 0.316. The number of para-hydroxylation sites is 1. The fourth-order valence-electron chi connectivity index (χ4n) is 3.39. The van der Waals surface area contributed by atoms with Crippen LogP contribution in [0.5, 0.6) is 0 Å². The lowest BCUT2D eigenvalue weighted by molar-refractivity contribution is 0.0981. The zero-order chi connectivity index (χ0) is 19.3. The molecule has 1 heterocycles. The van der Waals surface area contributed by atoms with Crippen molar-refractivity contribution in [1.29, 1.82) is 0 Å². The van der Waals surface area contributed by atoms with E-state index in [1.54, 1.807) is 4.90 Å². The number of anilines is 1. The standard InChI is InChI=1S/C19H18Cl2N2O3S/c1-11-8-12-4-2-3-5-17(12)23(11)19(24)14-9-18(16(21)10-15(14)20)27(25,26)22-13-6-7-13/h2-5,9-11,13,22H,6-8H2,1H3. The highest BCUT2D eigenvalue weighted by Crippen LogP contribution is 2.36. The molecule has 4 rings (SSSR count). The SMILES string of the molecule is CC1Cc2ccccc2N1C(=O)c1cc(S(=O)(=O)NC2CC2)c(Cl)cc1Cl. The number of rotatable bonds is 4. The summed E-state index contributed by atoms with van der Waals surface area (Å²) in [6.45, 7) is 1.95. The Morgan fingerprint density at radius 2 is 1.85 bits per heavy atom. The molecular weight excluding hydrogens is 407 g/mol. The van der Waals surface area contributed by atoms with Gasteiger partial charge in [-0.1, -0.05) is 41.4 Å². The Balaban J connectivity index is 1.75. The molecule has 2 aliphatic rings. The van der Waals surface area contributed by atoms with Crippen molar-refractivity contribution >= 4 is 44.8 Å². The molecule has 1 amide bonds. The van der Waals surface area contributed by atoms with Crippen LogP contribution in [-0.2, 0) is 16.4 Å². The van der Waals surface area contributed by atoms with Crippen LogP contribution in [0.3, 0.4) is 0 Å². The van der Waals surface area contributed by atoms with Gasteiger partial charge in [0.25, 0.3) is 5.91 Å². The van der Waals surface area contributed by atoms with Crippen molar-refractivity contribution in [2.45, 2.75) is 43.2 Å². The van der Waals surface area contributed by atoms with Crippen LogP contribution < -0.4 is 9.62 Å². The number of amides is 1. The average molecular weight is 425 g/mol. The number of carbonyl (C=O) groups excluding carboxylic acids is 1. The lowest BCUT2D eigenvalue weighted by atomic mass is 10.1. The van der Waals surface area contributed by atoms with Crippen molar-refractivity contribution in [2.24, 2.45) is 0 Å². The van der Waals surface area contributed by atoms with Crippen LogP contribution in [0, 0.1) is 0 Å². The third-order valence-electron chi connectivity index (χ3n) is 4.87. The molecule has 1 unspecified atom stereocenters. The van der Waals surface area contributed by atoms with Gasteiger partial charge in [-0.2, -0.15) is 0 Å². The van der Waals surface area contributed by atoms with E-state index in [9.17, 15) is 13.2 Å². The van der Waals surface area contributed by atoms with E-state index in [0.717, 1.165) is 30.5 Å². The predicted molar refractivity (Wildman–Crippen MR) is 106 cm³/mol. The number of sulfonamides is 1. The van der Waals surface area contributed by atoms with Crippen molar-refractivity contribution < 1.29 is 13.2 Å². The summed E-state index contributed by atoms with van der Waals surface area (Å²) in [5.74, 6) is -0.336. The first-order chi connectivity index (χ1) is 12.8. The van der Waals surface area contributed by atoms with Crippen LogP contribution in [0.25, 0.3) is 0 Å². The number of nitrogens with zero attached hydrogens (tertiary/aromatic N) is 1. The summed E-state index contributed by atoms with van der Waals surface area (Å²) in [6, 6.07) is 10.2. The van der Waals surface area contributed by atoms with Crippen LogP contribution in [0.1, 0.15) is 35.7 Å². The average Bonchev–Trinajstić information content (AvgIpc) is 3.32. The summed E-state index contributed by atoms with van der Waals surface area (Å²) >= 11 is 12.4. The third-order valence-corrected chi connectivity index (χ3v) is 7.16. The van der Waals surface area contributed by atoms with E-state index < -0.39 is 10.0 Å². The van der Waals surface area contributed by atoms with Gasteiger partial charge in [0.15, 0.2) is 0 Å². The Labute approximate surface area is 168 Å². The van der Waals surface area contributed by atoms with Crippen molar-refractivity contribution in [3.8, 4) is 0 Å². The summed E-state index contributed by atoms with van der Waals surface area (Å²) in [5, 5.41) is 0.131. The molecule has 0 bridgehead atoms. The van der Waals surface area contributed by atoms with Gasteiger partial charge in [-0.3, -0.25) is 4.79 Å². The number of carbonyl (C=O) groups is 1. The highest BCUT2D eigenvalue weighted by atomic mass is 35.5. The molecule has 0 saturated heterocycles. The van der Waals surface area contributed by atoms with E-state index in [0.29, 0.717) is 0 Å². The van der Waals surface area contributed by atoms with Crippen LogP contribution in [0.15, 0.2) is 41.3 Å². The molecule has 1 saturated carbocycles. The highest BCUT2D eigenvalue weighted by Gasteiger charge is 2.34. The molecule has 0 radical (unpaired) electrons. The lowest BCUT2D eigenvalue weighted by Gasteiger charge is -2.23. The Kier molecular flexibility index (Phi) is 4.71. The van der Waals surface area contributed by atoms with Crippen LogP contribution in [-0.4, -0.2) is 26.4 Å². The molecule has 1 aliphatic heterocycles. The van der Waals surface area contributed by atoms with Crippen molar-refractivity contribution in [3.05, 3.63) is 57.6 Å². The van der Waals surface area contributed by atoms with Crippen molar-refractivity contribution in [2.75, 3.05) is 4.90 Å². The summed E-state index contributed by atoms with van der Waals surface area (Å²) in [6.07, 6.45) is 2.35. The van der Waals surface area contributed by atoms with E-state index in [1.165, 1.54) is 12.1 Å². The Bertz CT molecular complexity index is 1040. The maximum Gasteiger partial charge on any atom is 0.260 e. The van der Waals surface area contributed by atoms with E-state index in [4.69, 9.17) is 23.2 Å². The van der Waals surface area contributed by atoms with Gasteiger partial charge < -0.3 is 4.90 Å². The molecule has 27 heavy (non-hydrogen) atoms. The quantitative estimate of drug-likeness (QED) is 0.805. The fourth-order valence-corrected chi connectivity index (χ4v) is 5.55. The van der Waals surface area contributed by atoms with Gasteiger partial charge in [-0.15, -0.1) is 0 Å². The zero-order valence-electron chi connectivity index (χ0n) is 14.6. The molecule has 1 N–H and O–H groups in total. The largest absolute Gasteiger partial charge is 0.305 e. The monoisotopic (exact) mass is 424 g/mol. The van der Waals surface area contributed by atoms with E-state index in [2.05, 4.69) is 4.72 Å². The van der Waals surface area contributed by atoms with Gasteiger partial charge in [-0.05, 0) is 49.9 Å². The molecule has 8 heteroatoms.